The number of anilines is 1. The van der Waals surface area contributed by atoms with Crippen LogP contribution in [0.2, 0.25) is 0 Å². The first kappa shape index (κ1) is 21.8. The third-order valence-electron chi connectivity index (χ3n) is 5.75. The number of carbonyl (C=O) groups excluding carboxylic acids is 1. The number of aryl methyl sites for hydroxylation is 2. The number of amides is 1. The number of rotatable bonds is 6. The van der Waals surface area contributed by atoms with E-state index in [1.54, 1.807) is 4.90 Å². The maximum Gasteiger partial charge on any atom is 0.410 e. The third-order valence-corrected chi connectivity index (χ3v) is 5.75. The largest absolute Gasteiger partial charge is 0.489 e. The van der Waals surface area contributed by atoms with Crippen molar-refractivity contribution < 1.29 is 14.3 Å². The van der Waals surface area contributed by atoms with Gasteiger partial charge in [0, 0.05) is 31.9 Å². The summed E-state index contributed by atoms with van der Waals surface area (Å²) in [6.07, 6.45) is -0.263. The van der Waals surface area contributed by atoms with E-state index in [1.807, 2.05) is 54.6 Å². The molecule has 0 N–H and O–H groups in total. The number of hydrogen-bond donors (Lipinski definition) is 0. The number of carbonyl (C=O) groups is 1. The summed E-state index contributed by atoms with van der Waals surface area (Å²) < 4.78 is 11.5. The Morgan fingerprint density at radius 3 is 2.34 bits per heavy atom. The van der Waals surface area contributed by atoms with Crippen LogP contribution in [0.4, 0.5) is 10.5 Å². The van der Waals surface area contributed by atoms with Gasteiger partial charge in [-0.1, -0.05) is 54.6 Å². The van der Waals surface area contributed by atoms with Crippen molar-refractivity contribution in [2.75, 3.05) is 31.1 Å². The standard InChI is InChI=1S/C27H30N2O3/c1-21-11-12-22(2)26(17-21)28-13-15-29(16-14-28)27(30)32-20-24-9-6-10-25(18-24)31-19-23-7-4-3-5-8-23/h3-12,17-18H,13-16,19-20H2,1-2H3. The maximum absolute atomic E-state index is 12.6. The van der Waals surface area contributed by atoms with E-state index in [0.717, 1.165) is 30.0 Å². The van der Waals surface area contributed by atoms with E-state index in [9.17, 15) is 4.79 Å². The van der Waals surface area contributed by atoms with Crippen LogP contribution in [0.3, 0.4) is 0 Å². The van der Waals surface area contributed by atoms with Crippen LogP contribution in [-0.2, 0) is 18.0 Å². The fourth-order valence-corrected chi connectivity index (χ4v) is 3.89. The molecule has 3 aromatic carbocycles. The molecule has 1 saturated heterocycles. The van der Waals surface area contributed by atoms with E-state index in [4.69, 9.17) is 9.47 Å². The molecule has 1 aliphatic rings. The molecule has 0 saturated carbocycles. The average molecular weight is 431 g/mol. The van der Waals surface area contributed by atoms with Gasteiger partial charge in [-0.2, -0.15) is 0 Å². The molecule has 5 heteroatoms. The fourth-order valence-electron chi connectivity index (χ4n) is 3.89. The molecule has 0 atom stereocenters. The highest BCUT2D eigenvalue weighted by Crippen LogP contribution is 2.23. The lowest BCUT2D eigenvalue weighted by Gasteiger charge is -2.36. The van der Waals surface area contributed by atoms with E-state index in [-0.39, 0.29) is 12.7 Å². The van der Waals surface area contributed by atoms with Crippen LogP contribution < -0.4 is 9.64 Å². The molecule has 1 heterocycles. The summed E-state index contributed by atoms with van der Waals surface area (Å²) in [7, 11) is 0. The Morgan fingerprint density at radius 1 is 0.812 bits per heavy atom. The molecular weight excluding hydrogens is 400 g/mol. The van der Waals surface area contributed by atoms with Crippen LogP contribution in [0.15, 0.2) is 72.8 Å². The normalized spacial score (nSPS) is 13.7. The van der Waals surface area contributed by atoms with Crippen LogP contribution >= 0.6 is 0 Å². The van der Waals surface area contributed by atoms with Crippen molar-refractivity contribution in [1.82, 2.24) is 4.90 Å². The highest BCUT2D eigenvalue weighted by Gasteiger charge is 2.23. The smallest absolute Gasteiger partial charge is 0.410 e. The predicted octanol–water partition coefficient (Wildman–Crippen LogP) is 5.34. The van der Waals surface area contributed by atoms with Crippen molar-refractivity contribution in [3.05, 3.63) is 95.1 Å². The molecule has 0 unspecified atom stereocenters. The molecule has 0 radical (unpaired) electrons. The number of benzene rings is 3. The zero-order chi connectivity index (χ0) is 22.3. The first-order chi connectivity index (χ1) is 15.6. The molecule has 1 aliphatic heterocycles. The molecule has 1 amide bonds. The third kappa shape index (κ3) is 5.61. The summed E-state index contributed by atoms with van der Waals surface area (Å²) in [6, 6.07) is 24.3. The minimum Gasteiger partial charge on any atom is -0.489 e. The van der Waals surface area contributed by atoms with Crippen molar-refractivity contribution in [1.29, 1.82) is 0 Å². The van der Waals surface area contributed by atoms with Crippen LogP contribution in [-0.4, -0.2) is 37.2 Å². The maximum atomic E-state index is 12.6. The summed E-state index contributed by atoms with van der Waals surface area (Å²) in [4.78, 5) is 16.7. The van der Waals surface area contributed by atoms with Crippen LogP contribution in [0.25, 0.3) is 0 Å². The Bertz CT molecular complexity index is 1040. The molecule has 3 aromatic rings. The first-order valence-corrected chi connectivity index (χ1v) is 11.1. The van der Waals surface area contributed by atoms with Gasteiger partial charge in [0.25, 0.3) is 0 Å². The van der Waals surface area contributed by atoms with E-state index in [1.165, 1.54) is 16.8 Å². The molecular formula is C27H30N2O3. The number of ether oxygens (including phenoxy) is 2. The van der Waals surface area contributed by atoms with Crippen LogP contribution in [0, 0.1) is 13.8 Å². The molecule has 5 nitrogen and oxygen atoms in total. The molecule has 1 fully saturated rings. The topological polar surface area (TPSA) is 42.0 Å². The van der Waals surface area contributed by atoms with Crippen molar-refractivity contribution in [3.63, 3.8) is 0 Å². The highest BCUT2D eigenvalue weighted by molar-refractivity contribution is 5.68. The van der Waals surface area contributed by atoms with Gasteiger partial charge in [0.2, 0.25) is 0 Å². The number of hydrogen-bond acceptors (Lipinski definition) is 4. The van der Waals surface area contributed by atoms with Gasteiger partial charge in [0.05, 0.1) is 0 Å². The lowest BCUT2D eigenvalue weighted by molar-refractivity contribution is 0.0941. The van der Waals surface area contributed by atoms with E-state index >= 15 is 0 Å². The Hall–Kier alpha value is -3.47. The van der Waals surface area contributed by atoms with Gasteiger partial charge in [-0.15, -0.1) is 0 Å². The predicted molar refractivity (Wildman–Crippen MR) is 127 cm³/mol. The van der Waals surface area contributed by atoms with Crippen molar-refractivity contribution in [2.24, 2.45) is 0 Å². The Kier molecular flexibility index (Phi) is 6.95. The minimum absolute atomic E-state index is 0.235. The van der Waals surface area contributed by atoms with E-state index in [2.05, 4.69) is 36.9 Å². The Balaban J connectivity index is 1.26. The van der Waals surface area contributed by atoms with Gasteiger partial charge in [0.15, 0.2) is 0 Å². The average Bonchev–Trinajstić information content (AvgIpc) is 2.84. The highest BCUT2D eigenvalue weighted by atomic mass is 16.6. The molecule has 4 rings (SSSR count). The quantitative estimate of drug-likeness (QED) is 0.529. The minimum atomic E-state index is -0.263. The van der Waals surface area contributed by atoms with Crippen molar-refractivity contribution >= 4 is 11.8 Å². The SMILES string of the molecule is Cc1ccc(C)c(N2CCN(C(=O)OCc3cccc(OCc4ccccc4)c3)CC2)c1. The Labute approximate surface area is 190 Å². The van der Waals surface area contributed by atoms with Crippen molar-refractivity contribution in [2.45, 2.75) is 27.1 Å². The lowest BCUT2D eigenvalue weighted by Crippen LogP contribution is -2.49. The molecule has 0 aromatic heterocycles. The zero-order valence-electron chi connectivity index (χ0n) is 18.8. The van der Waals surface area contributed by atoms with Gasteiger partial charge >= 0.3 is 6.09 Å². The molecule has 166 valence electrons. The van der Waals surface area contributed by atoms with Crippen molar-refractivity contribution in [3.8, 4) is 5.75 Å². The Morgan fingerprint density at radius 2 is 1.56 bits per heavy atom. The van der Waals surface area contributed by atoms with E-state index in [0.29, 0.717) is 19.7 Å². The molecule has 0 bridgehead atoms. The number of piperazine rings is 1. The second kappa shape index (κ2) is 10.2. The summed E-state index contributed by atoms with van der Waals surface area (Å²) in [5, 5.41) is 0. The first-order valence-electron chi connectivity index (χ1n) is 11.1. The molecule has 0 aliphatic carbocycles. The monoisotopic (exact) mass is 430 g/mol. The summed E-state index contributed by atoms with van der Waals surface area (Å²) in [5.74, 6) is 0.768. The summed E-state index contributed by atoms with van der Waals surface area (Å²) >= 11 is 0. The second-order valence-corrected chi connectivity index (χ2v) is 8.24. The summed E-state index contributed by atoms with van der Waals surface area (Å²) in [5.41, 5.74) is 5.80. The lowest BCUT2D eigenvalue weighted by atomic mass is 10.1. The van der Waals surface area contributed by atoms with Crippen LogP contribution in [0.5, 0.6) is 5.75 Å². The van der Waals surface area contributed by atoms with E-state index < -0.39 is 0 Å². The molecule has 32 heavy (non-hydrogen) atoms. The number of nitrogens with zero attached hydrogens (tertiary/aromatic N) is 2. The fraction of sp³-hybridized carbons (Fsp3) is 0.296. The van der Waals surface area contributed by atoms with Gasteiger partial charge in [-0.05, 0) is 54.3 Å². The summed E-state index contributed by atoms with van der Waals surface area (Å²) in [6.45, 7) is 7.92. The van der Waals surface area contributed by atoms with Gasteiger partial charge in [0.1, 0.15) is 19.0 Å². The zero-order valence-corrected chi connectivity index (χ0v) is 18.8. The van der Waals surface area contributed by atoms with Crippen LogP contribution in [0.1, 0.15) is 22.3 Å². The second-order valence-electron chi connectivity index (χ2n) is 8.24. The van der Waals surface area contributed by atoms with Gasteiger partial charge in [-0.3, -0.25) is 0 Å². The molecule has 0 spiro atoms. The van der Waals surface area contributed by atoms with Gasteiger partial charge < -0.3 is 19.3 Å². The van der Waals surface area contributed by atoms with Gasteiger partial charge in [-0.25, -0.2) is 4.79 Å².